The van der Waals surface area contributed by atoms with Gasteiger partial charge in [-0.1, -0.05) is 30.3 Å². The second kappa shape index (κ2) is 7.89. The van der Waals surface area contributed by atoms with Crippen LogP contribution in [0.5, 0.6) is 5.75 Å². The Balaban J connectivity index is 1.67. The average molecular weight is 354 g/mol. The van der Waals surface area contributed by atoms with E-state index in [9.17, 15) is 9.90 Å². The van der Waals surface area contributed by atoms with Crippen LogP contribution in [0.1, 0.15) is 27.0 Å². The lowest BCUT2D eigenvalue weighted by Gasteiger charge is -2.36. The predicted octanol–water partition coefficient (Wildman–Crippen LogP) is 2.88. The van der Waals surface area contributed by atoms with Crippen molar-refractivity contribution < 1.29 is 14.6 Å². The van der Waals surface area contributed by atoms with E-state index in [1.54, 1.807) is 12.1 Å². The first-order valence-corrected chi connectivity index (χ1v) is 8.83. The Kier molecular flexibility index (Phi) is 5.59. The summed E-state index contributed by atoms with van der Waals surface area (Å²) in [4.78, 5) is 16.0. The van der Waals surface area contributed by atoms with Crippen LogP contribution < -0.4 is 4.74 Å². The smallest absolute Gasteiger partial charge is 0.339 e. The Morgan fingerprint density at radius 2 is 2.00 bits per heavy atom. The first-order chi connectivity index (χ1) is 12.5. The van der Waals surface area contributed by atoms with Crippen molar-refractivity contribution in [3.05, 3.63) is 64.7 Å². The van der Waals surface area contributed by atoms with Crippen molar-refractivity contribution >= 4 is 5.97 Å². The quantitative estimate of drug-likeness (QED) is 0.864. The van der Waals surface area contributed by atoms with Gasteiger partial charge in [0.1, 0.15) is 11.3 Å². The molecule has 0 unspecified atom stereocenters. The molecule has 138 valence electrons. The van der Waals surface area contributed by atoms with Crippen LogP contribution >= 0.6 is 0 Å². The molecule has 2 aromatic rings. The molecular weight excluding hydrogens is 328 g/mol. The minimum absolute atomic E-state index is 0.210. The lowest BCUT2D eigenvalue weighted by Crippen LogP contribution is -2.44. The Morgan fingerprint density at radius 3 is 2.69 bits per heavy atom. The lowest BCUT2D eigenvalue weighted by atomic mass is 9.94. The van der Waals surface area contributed by atoms with E-state index in [1.807, 2.05) is 6.07 Å². The van der Waals surface area contributed by atoms with Crippen molar-refractivity contribution in [3.63, 3.8) is 0 Å². The van der Waals surface area contributed by atoms with E-state index in [1.165, 1.54) is 18.2 Å². The fourth-order valence-electron chi connectivity index (χ4n) is 3.68. The van der Waals surface area contributed by atoms with Gasteiger partial charge < -0.3 is 14.7 Å². The number of fused-ring (bicyclic) bond motifs is 1. The number of hydrogen-bond acceptors (Lipinski definition) is 4. The molecule has 0 aromatic heterocycles. The van der Waals surface area contributed by atoms with Gasteiger partial charge in [0, 0.05) is 25.7 Å². The van der Waals surface area contributed by atoms with Crippen LogP contribution in [-0.4, -0.2) is 54.7 Å². The lowest BCUT2D eigenvalue weighted by molar-refractivity contribution is 0.0693. The third-order valence-corrected chi connectivity index (χ3v) is 5.09. The predicted molar refractivity (Wildman–Crippen MR) is 102 cm³/mol. The van der Waals surface area contributed by atoms with Crippen LogP contribution in [0.15, 0.2) is 42.5 Å². The molecule has 2 aromatic carbocycles. The molecule has 5 nitrogen and oxygen atoms in total. The molecule has 1 aliphatic heterocycles. The zero-order valence-electron chi connectivity index (χ0n) is 15.6. The number of carbonyl (C=O) groups is 1. The van der Waals surface area contributed by atoms with Gasteiger partial charge in [-0.05, 0) is 49.3 Å². The van der Waals surface area contributed by atoms with Crippen LogP contribution in [0.2, 0.25) is 0 Å². The molecule has 0 bridgehead atoms. The highest BCUT2D eigenvalue weighted by Gasteiger charge is 2.24. The largest absolute Gasteiger partial charge is 0.496 e. The normalized spacial score (nSPS) is 17.2. The summed E-state index contributed by atoms with van der Waals surface area (Å²) >= 11 is 0. The van der Waals surface area contributed by atoms with E-state index < -0.39 is 5.97 Å². The Labute approximate surface area is 154 Å². The molecule has 0 fully saturated rings. The van der Waals surface area contributed by atoms with E-state index in [4.69, 9.17) is 4.74 Å². The van der Waals surface area contributed by atoms with Crippen molar-refractivity contribution in [2.45, 2.75) is 25.6 Å². The van der Waals surface area contributed by atoms with E-state index >= 15 is 0 Å². The second-order valence-electron chi connectivity index (χ2n) is 7.08. The van der Waals surface area contributed by atoms with Gasteiger partial charge >= 0.3 is 5.97 Å². The third-order valence-electron chi connectivity index (χ3n) is 5.09. The van der Waals surface area contributed by atoms with Crippen LogP contribution in [0.4, 0.5) is 0 Å². The molecule has 0 saturated carbocycles. The van der Waals surface area contributed by atoms with Crippen molar-refractivity contribution in [1.82, 2.24) is 9.80 Å². The molecule has 1 aliphatic rings. The standard InChI is InChI=1S/C21H26N2O3/c1-22(12-15-8-9-20(26-3)19(10-15)21(24)25)14-18-11-16-6-4-5-7-17(16)13-23(18)2/h4-10,18H,11-14H2,1-3H3,(H,24,25)/t18-/m1/s1. The van der Waals surface area contributed by atoms with Crippen LogP contribution in [0.25, 0.3) is 0 Å². The number of likely N-dealkylation sites (N-methyl/N-ethyl adjacent to an activating group) is 2. The number of ether oxygens (including phenoxy) is 1. The molecule has 26 heavy (non-hydrogen) atoms. The molecule has 0 radical (unpaired) electrons. The van der Waals surface area contributed by atoms with Crippen LogP contribution in [0, 0.1) is 0 Å². The summed E-state index contributed by atoms with van der Waals surface area (Å²) in [7, 11) is 5.74. The monoisotopic (exact) mass is 354 g/mol. The molecule has 1 N–H and O–H groups in total. The maximum Gasteiger partial charge on any atom is 0.339 e. The summed E-state index contributed by atoms with van der Waals surface area (Å²) in [5.74, 6) is -0.567. The van der Waals surface area contributed by atoms with Gasteiger partial charge in [0.15, 0.2) is 0 Å². The first-order valence-electron chi connectivity index (χ1n) is 8.83. The first kappa shape index (κ1) is 18.4. The van der Waals surface area contributed by atoms with E-state index in [0.717, 1.165) is 25.1 Å². The van der Waals surface area contributed by atoms with Gasteiger partial charge in [-0.2, -0.15) is 0 Å². The summed E-state index contributed by atoms with van der Waals surface area (Å²) < 4.78 is 5.13. The Hall–Kier alpha value is -2.37. The zero-order chi connectivity index (χ0) is 18.7. The van der Waals surface area contributed by atoms with Gasteiger partial charge in [0.25, 0.3) is 0 Å². The second-order valence-corrected chi connectivity index (χ2v) is 7.08. The molecule has 0 saturated heterocycles. The topological polar surface area (TPSA) is 53.0 Å². The summed E-state index contributed by atoms with van der Waals surface area (Å²) in [5, 5.41) is 9.34. The van der Waals surface area contributed by atoms with Crippen molar-refractivity contribution in [3.8, 4) is 5.75 Å². The van der Waals surface area contributed by atoms with E-state index in [0.29, 0.717) is 18.3 Å². The van der Waals surface area contributed by atoms with Crippen molar-refractivity contribution in [2.24, 2.45) is 0 Å². The third kappa shape index (κ3) is 4.06. The number of carboxylic acid groups (broad SMARTS) is 1. The van der Waals surface area contributed by atoms with Crippen LogP contribution in [0.3, 0.4) is 0 Å². The number of methoxy groups -OCH3 is 1. The summed E-state index contributed by atoms with van der Waals surface area (Å²) in [6, 6.07) is 14.5. The number of nitrogens with zero attached hydrogens (tertiary/aromatic N) is 2. The Morgan fingerprint density at radius 1 is 1.27 bits per heavy atom. The van der Waals surface area contributed by atoms with Gasteiger partial charge in [0.05, 0.1) is 7.11 Å². The zero-order valence-corrected chi connectivity index (χ0v) is 15.6. The number of aromatic carboxylic acids is 1. The van der Waals surface area contributed by atoms with Gasteiger partial charge in [-0.15, -0.1) is 0 Å². The number of hydrogen-bond donors (Lipinski definition) is 1. The molecule has 1 heterocycles. The van der Waals surface area contributed by atoms with Gasteiger partial charge in [0.2, 0.25) is 0 Å². The highest BCUT2D eigenvalue weighted by atomic mass is 16.5. The molecule has 3 rings (SSSR count). The maximum absolute atomic E-state index is 11.4. The van der Waals surface area contributed by atoms with E-state index in [2.05, 4.69) is 48.2 Å². The SMILES string of the molecule is COc1ccc(CN(C)C[C@H]2Cc3ccccc3CN2C)cc1C(=O)O. The highest BCUT2D eigenvalue weighted by Crippen LogP contribution is 2.24. The summed E-state index contributed by atoms with van der Waals surface area (Å²) in [5.41, 5.74) is 4.03. The minimum atomic E-state index is -0.963. The molecule has 0 amide bonds. The number of rotatable bonds is 6. The van der Waals surface area contributed by atoms with Gasteiger partial charge in [-0.3, -0.25) is 4.90 Å². The maximum atomic E-state index is 11.4. The molecular formula is C21H26N2O3. The van der Waals surface area contributed by atoms with Crippen molar-refractivity contribution in [2.75, 3.05) is 27.7 Å². The molecule has 1 atom stereocenters. The number of carboxylic acids is 1. The molecule has 5 heteroatoms. The Bertz CT molecular complexity index is 791. The van der Waals surface area contributed by atoms with Gasteiger partial charge in [-0.25, -0.2) is 4.79 Å². The summed E-state index contributed by atoms with van der Waals surface area (Å²) in [6.07, 6.45) is 1.04. The number of benzene rings is 2. The average Bonchev–Trinajstić information content (AvgIpc) is 2.62. The fourth-order valence-corrected chi connectivity index (χ4v) is 3.68. The van der Waals surface area contributed by atoms with Crippen molar-refractivity contribution in [1.29, 1.82) is 0 Å². The highest BCUT2D eigenvalue weighted by molar-refractivity contribution is 5.91. The van der Waals surface area contributed by atoms with E-state index in [-0.39, 0.29) is 5.56 Å². The fraction of sp³-hybridized carbons (Fsp3) is 0.381. The molecule has 0 spiro atoms. The summed E-state index contributed by atoms with van der Waals surface area (Å²) in [6.45, 7) is 2.61. The van der Waals surface area contributed by atoms with Crippen LogP contribution in [-0.2, 0) is 19.5 Å². The molecule has 0 aliphatic carbocycles. The minimum Gasteiger partial charge on any atom is -0.496 e.